The molecule has 0 aromatic heterocycles. The van der Waals surface area contributed by atoms with Crippen molar-refractivity contribution < 1.29 is 13.9 Å². The topological polar surface area (TPSA) is 101 Å². The molecule has 0 saturated heterocycles. The van der Waals surface area contributed by atoms with Crippen LogP contribution in [0.1, 0.15) is 17.3 Å². The molecule has 7 nitrogen and oxygen atoms in total. The van der Waals surface area contributed by atoms with E-state index in [0.717, 1.165) is 0 Å². The molecular weight excluding hydrogens is 282 g/mol. The highest BCUT2D eigenvalue weighted by Crippen LogP contribution is 2.24. The summed E-state index contributed by atoms with van der Waals surface area (Å²) in [4.78, 5) is 22.3. The van der Waals surface area contributed by atoms with Crippen molar-refractivity contribution in [2.24, 2.45) is 0 Å². The summed E-state index contributed by atoms with van der Waals surface area (Å²) < 4.78 is 11.1. The zero-order valence-electron chi connectivity index (χ0n) is 11.5. The van der Waals surface area contributed by atoms with Gasteiger partial charge < -0.3 is 10.6 Å². The van der Waals surface area contributed by atoms with Crippen LogP contribution < -0.4 is 10.6 Å². The van der Waals surface area contributed by atoms with Crippen LogP contribution in [-0.2, 0) is 10.8 Å². The molecule has 1 aromatic rings. The third-order valence-corrected chi connectivity index (χ3v) is 3.56. The van der Waals surface area contributed by atoms with E-state index in [-0.39, 0.29) is 23.3 Å². The van der Waals surface area contributed by atoms with Gasteiger partial charge in [0.2, 0.25) is 0 Å². The summed E-state index contributed by atoms with van der Waals surface area (Å²) in [6, 6.07) is 3.86. The van der Waals surface area contributed by atoms with E-state index in [1.807, 2.05) is 0 Å². The fourth-order valence-electron chi connectivity index (χ4n) is 1.74. The number of carbonyl (C=O) groups excluding carboxylic acids is 1. The van der Waals surface area contributed by atoms with Crippen LogP contribution >= 0.6 is 0 Å². The third kappa shape index (κ3) is 4.30. The van der Waals surface area contributed by atoms with Crippen molar-refractivity contribution in [1.29, 1.82) is 0 Å². The van der Waals surface area contributed by atoms with Crippen LogP contribution in [-0.4, -0.2) is 40.1 Å². The van der Waals surface area contributed by atoms with Crippen LogP contribution in [0.5, 0.6) is 0 Å². The highest BCUT2D eigenvalue weighted by Gasteiger charge is 2.17. The first-order chi connectivity index (χ1) is 9.35. The molecule has 0 radical (unpaired) electrons. The number of rotatable bonds is 6. The predicted octanol–water partition coefficient (Wildman–Crippen LogP) is 1.13. The molecule has 8 heteroatoms. The lowest BCUT2D eigenvalue weighted by Gasteiger charge is -2.13. The van der Waals surface area contributed by atoms with Gasteiger partial charge in [0.15, 0.2) is 0 Å². The second-order valence-electron chi connectivity index (χ2n) is 4.35. The fraction of sp³-hybridized carbons (Fsp3) is 0.417. The first kappa shape index (κ1) is 16.1. The van der Waals surface area contributed by atoms with Crippen molar-refractivity contribution in [3.05, 3.63) is 33.9 Å². The number of anilines is 1. The molecule has 0 spiro atoms. The molecule has 2 atom stereocenters. The second-order valence-corrected chi connectivity index (χ2v) is 5.83. The van der Waals surface area contributed by atoms with Gasteiger partial charge in [0.25, 0.3) is 11.6 Å². The second kappa shape index (κ2) is 6.99. The summed E-state index contributed by atoms with van der Waals surface area (Å²) >= 11 is 0. The molecule has 20 heavy (non-hydrogen) atoms. The van der Waals surface area contributed by atoms with Gasteiger partial charge in [-0.15, -0.1) is 0 Å². The first-order valence-electron chi connectivity index (χ1n) is 5.92. The van der Waals surface area contributed by atoms with Gasteiger partial charge in [-0.25, -0.2) is 0 Å². The number of hydrogen-bond donors (Lipinski definition) is 2. The van der Waals surface area contributed by atoms with Crippen LogP contribution in [0.3, 0.4) is 0 Å². The lowest BCUT2D eigenvalue weighted by atomic mass is 10.1. The number of hydrogen-bond acceptors (Lipinski definition) is 5. The average Bonchev–Trinajstić information content (AvgIpc) is 2.36. The molecule has 1 amide bonds. The van der Waals surface area contributed by atoms with Gasteiger partial charge in [0, 0.05) is 47.5 Å². The van der Waals surface area contributed by atoms with Gasteiger partial charge in [-0.1, -0.05) is 0 Å². The Hall–Kier alpha value is -1.96. The first-order valence-corrected chi connectivity index (χ1v) is 7.65. The maximum Gasteiger partial charge on any atom is 0.292 e. The van der Waals surface area contributed by atoms with Crippen molar-refractivity contribution >= 4 is 28.1 Å². The van der Waals surface area contributed by atoms with Crippen molar-refractivity contribution in [3.8, 4) is 0 Å². The molecule has 0 fully saturated rings. The van der Waals surface area contributed by atoms with Crippen LogP contribution in [0.2, 0.25) is 0 Å². The fourth-order valence-corrected chi connectivity index (χ4v) is 2.53. The molecule has 1 rings (SSSR count). The van der Waals surface area contributed by atoms with Crippen molar-refractivity contribution in [2.75, 3.05) is 24.4 Å². The van der Waals surface area contributed by atoms with E-state index in [1.54, 1.807) is 20.2 Å². The van der Waals surface area contributed by atoms with E-state index in [4.69, 9.17) is 0 Å². The Morgan fingerprint density at radius 2 is 2.15 bits per heavy atom. The largest absolute Gasteiger partial charge is 0.383 e. The van der Waals surface area contributed by atoms with Gasteiger partial charge >= 0.3 is 0 Å². The number of nitro groups is 1. The van der Waals surface area contributed by atoms with Gasteiger partial charge in [0.1, 0.15) is 5.69 Å². The lowest BCUT2D eigenvalue weighted by Crippen LogP contribution is -2.36. The number of benzene rings is 1. The molecule has 1 aromatic carbocycles. The normalized spacial score (nSPS) is 13.3. The highest BCUT2D eigenvalue weighted by molar-refractivity contribution is 7.84. The monoisotopic (exact) mass is 299 g/mol. The van der Waals surface area contributed by atoms with Gasteiger partial charge in [-0.05, 0) is 19.1 Å². The van der Waals surface area contributed by atoms with Crippen LogP contribution in [0, 0.1) is 10.1 Å². The quantitative estimate of drug-likeness (QED) is 0.605. The number of nitrogens with one attached hydrogen (secondary N) is 2. The van der Waals surface area contributed by atoms with Gasteiger partial charge in [-0.3, -0.25) is 19.1 Å². The summed E-state index contributed by atoms with van der Waals surface area (Å²) in [6.45, 7) is 1.75. The molecule has 0 aliphatic heterocycles. The molecular formula is C12H17N3O4S. The Morgan fingerprint density at radius 1 is 1.50 bits per heavy atom. The zero-order chi connectivity index (χ0) is 15.3. The van der Waals surface area contributed by atoms with Crippen molar-refractivity contribution in [1.82, 2.24) is 5.32 Å². The van der Waals surface area contributed by atoms with E-state index in [1.165, 1.54) is 18.2 Å². The standard InChI is InChI=1S/C12H17N3O4S/c1-8(7-20(3)19)14-12(16)9-4-5-11(15(17)18)10(6-9)13-2/h4-6,8,13H,7H2,1-3H3,(H,14,16). The van der Waals surface area contributed by atoms with Crippen LogP contribution in [0.25, 0.3) is 0 Å². The summed E-state index contributed by atoms with van der Waals surface area (Å²) in [6.07, 6.45) is 1.56. The van der Waals surface area contributed by atoms with E-state index < -0.39 is 15.7 Å². The Kier molecular flexibility index (Phi) is 5.63. The number of nitrogens with zero attached hydrogens (tertiary/aromatic N) is 1. The Labute approximate surface area is 119 Å². The summed E-state index contributed by atoms with van der Waals surface area (Å²) in [5.74, 6) is 0.00628. The van der Waals surface area contributed by atoms with E-state index in [2.05, 4.69) is 10.6 Å². The van der Waals surface area contributed by atoms with Gasteiger partial charge in [-0.2, -0.15) is 0 Å². The highest BCUT2D eigenvalue weighted by atomic mass is 32.2. The van der Waals surface area contributed by atoms with Crippen molar-refractivity contribution in [3.63, 3.8) is 0 Å². The Bertz CT molecular complexity index is 548. The zero-order valence-corrected chi connectivity index (χ0v) is 12.3. The Balaban J connectivity index is 2.89. The van der Waals surface area contributed by atoms with Crippen molar-refractivity contribution in [2.45, 2.75) is 13.0 Å². The Morgan fingerprint density at radius 3 is 2.65 bits per heavy atom. The maximum absolute atomic E-state index is 12.0. The molecule has 0 bridgehead atoms. The maximum atomic E-state index is 12.0. The van der Waals surface area contributed by atoms with Crippen LogP contribution in [0.4, 0.5) is 11.4 Å². The smallest absolute Gasteiger partial charge is 0.292 e. The number of carbonyl (C=O) groups is 1. The lowest BCUT2D eigenvalue weighted by molar-refractivity contribution is -0.383. The predicted molar refractivity (Wildman–Crippen MR) is 78.5 cm³/mol. The summed E-state index contributed by atoms with van der Waals surface area (Å²) in [5.41, 5.74) is 0.495. The van der Waals surface area contributed by atoms with Crippen LogP contribution in [0.15, 0.2) is 18.2 Å². The molecule has 2 unspecified atom stereocenters. The minimum atomic E-state index is -1.00. The molecule has 110 valence electrons. The molecule has 0 saturated carbocycles. The summed E-state index contributed by atoms with van der Waals surface area (Å²) in [5, 5.41) is 16.2. The molecule has 0 heterocycles. The number of nitro benzene ring substituents is 1. The molecule has 0 aliphatic carbocycles. The third-order valence-electron chi connectivity index (χ3n) is 2.59. The molecule has 0 aliphatic rings. The van der Waals surface area contributed by atoms with E-state index in [9.17, 15) is 19.1 Å². The number of amides is 1. The van der Waals surface area contributed by atoms with E-state index >= 15 is 0 Å². The average molecular weight is 299 g/mol. The minimum absolute atomic E-state index is 0.0910. The SMILES string of the molecule is CNc1cc(C(=O)NC(C)CS(C)=O)ccc1[N+](=O)[O-]. The van der Waals surface area contributed by atoms with E-state index in [0.29, 0.717) is 11.3 Å². The minimum Gasteiger partial charge on any atom is -0.383 e. The van der Waals surface area contributed by atoms with Gasteiger partial charge in [0.05, 0.1) is 4.92 Å². The summed E-state index contributed by atoms with van der Waals surface area (Å²) in [7, 11) is 0.548. The molecule has 2 N–H and O–H groups in total.